The van der Waals surface area contributed by atoms with Gasteiger partial charge in [-0.25, -0.2) is 0 Å². The maximum atomic E-state index is 12.4. The number of aromatic nitrogens is 2. The summed E-state index contributed by atoms with van der Waals surface area (Å²) in [6.07, 6.45) is 2.32. The van der Waals surface area contributed by atoms with E-state index < -0.39 is 0 Å². The van der Waals surface area contributed by atoms with Crippen LogP contribution in [-0.4, -0.2) is 65.2 Å². The van der Waals surface area contributed by atoms with Crippen molar-refractivity contribution < 1.29 is 18.8 Å². The molecule has 1 fully saturated rings. The minimum atomic E-state index is -0.104. The number of amides is 1. The fourth-order valence-electron chi connectivity index (χ4n) is 2.84. The van der Waals surface area contributed by atoms with Crippen molar-refractivity contribution in [1.29, 1.82) is 0 Å². The Kier molecular flexibility index (Phi) is 5.03. The molecule has 0 radical (unpaired) electrons. The van der Waals surface area contributed by atoms with Crippen molar-refractivity contribution in [2.24, 2.45) is 0 Å². The molecule has 0 saturated carbocycles. The quantitative estimate of drug-likeness (QED) is 0.797. The first-order chi connectivity index (χ1) is 11.5. The maximum Gasteiger partial charge on any atom is 0.292 e. The first-order valence-electron chi connectivity index (χ1n) is 8.31. The van der Waals surface area contributed by atoms with Gasteiger partial charge in [-0.3, -0.25) is 9.69 Å². The van der Waals surface area contributed by atoms with Crippen LogP contribution in [0.15, 0.2) is 16.5 Å². The summed E-state index contributed by atoms with van der Waals surface area (Å²) in [5.74, 6) is 1.75. The lowest BCUT2D eigenvalue weighted by Gasteiger charge is -2.24. The lowest BCUT2D eigenvalue weighted by atomic mass is 10.2. The van der Waals surface area contributed by atoms with Gasteiger partial charge < -0.3 is 18.9 Å². The van der Waals surface area contributed by atoms with Crippen molar-refractivity contribution in [3.8, 4) is 0 Å². The lowest BCUT2D eigenvalue weighted by molar-refractivity contribution is -0.131. The van der Waals surface area contributed by atoms with Crippen LogP contribution in [0.4, 0.5) is 0 Å². The average molecular weight is 336 g/mol. The lowest BCUT2D eigenvalue weighted by Crippen LogP contribution is -2.37. The highest BCUT2D eigenvalue weighted by Crippen LogP contribution is 2.20. The minimum Gasteiger partial charge on any atom is -0.494 e. The van der Waals surface area contributed by atoms with Gasteiger partial charge >= 0.3 is 0 Å². The van der Waals surface area contributed by atoms with Crippen LogP contribution >= 0.6 is 0 Å². The third-order valence-electron chi connectivity index (χ3n) is 4.30. The van der Waals surface area contributed by atoms with Crippen LogP contribution in [0.25, 0.3) is 0 Å². The van der Waals surface area contributed by atoms with E-state index in [1.54, 1.807) is 4.90 Å². The molecule has 0 aromatic carbocycles. The molecule has 1 amide bonds. The molecule has 132 valence electrons. The van der Waals surface area contributed by atoms with Crippen molar-refractivity contribution in [2.75, 3.05) is 33.4 Å². The topological polar surface area (TPSA) is 80.9 Å². The molecule has 8 nitrogen and oxygen atoms in total. The molecule has 1 aromatic heterocycles. The molecule has 2 aliphatic rings. The van der Waals surface area contributed by atoms with Crippen molar-refractivity contribution in [3.05, 3.63) is 23.7 Å². The summed E-state index contributed by atoms with van der Waals surface area (Å²) in [6.45, 7) is 6.92. The van der Waals surface area contributed by atoms with E-state index >= 15 is 0 Å². The molecule has 0 aliphatic carbocycles. The Morgan fingerprint density at radius 3 is 2.96 bits per heavy atom. The Labute approximate surface area is 141 Å². The molecule has 24 heavy (non-hydrogen) atoms. The number of carbonyl (C=O) groups excluding carboxylic acids is 1. The molecule has 1 saturated heterocycles. The number of hydrogen-bond acceptors (Lipinski definition) is 7. The van der Waals surface area contributed by atoms with E-state index in [9.17, 15) is 4.79 Å². The number of ether oxygens (including phenoxy) is 2. The van der Waals surface area contributed by atoms with Gasteiger partial charge in [-0.15, -0.1) is 0 Å². The van der Waals surface area contributed by atoms with Crippen molar-refractivity contribution in [3.63, 3.8) is 0 Å². The number of rotatable bonds is 5. The summed E-state index contributed by atoms with van der Waals surface area (Å²) in [5.41, 5.74) is 0. The number of nitrogens with zero attached hydrogens (tertiary/aromatic N) is 4. The van der Waals surface area contributed by atoms with Gasteiger partial charge in [-0.1, -0.05) is 19.0 Å². The molecule has 2 aliphatic heterocycles. The molecule has 0 N–H and O–H groups in total. The molecular weight excluding hydrogens is 312 g/mol. The highest BCUT2D eigenvalue weighted by molar-refractivity contribution is 5.91. The highest BCUT2D eigenvalue weighted by Gasteiger charge is 2.32. The fourth-order valence-corrected chi connectivity index (χ4v) is 2.84. The normalized spacial score (nSPS) is 21.0. The zero-order valence-electron chi connectivity index (χ0n) is 14.4. The van der Waals surface area contributed by atoms with Crippen LogP contribution in [0.5, 0.6) is 0 Å². The van der Waals surface area contributed by atoms with E-state index in [-0.39, 0.29) is 17.9 Å². The Morgan fingerprint density at radius 1 is 1.46 bits per heavy atom. The van der Waals surface area contributed by atoms with Crippen LogP contribution in [0.1, 0.15) is 37.9 Å². The van der Waals surface area contributed by atoms with Gasteiger partial charge in [0, 0.05) is 25.0 Å². The van der Waals surface area contributed by atoms with Gasteiger partial charge in [0.2, 0.25) is 11.6 Å². The number of likely N-dealkylation sites (N-methyl/N-ethyl adjacent to an activating group) is 1. The third kappa shape index (κ3) is 3.69. The summed E-state index contributed by atoms with van der Waals surface area (Å²) in [5, 5.41) is 4.02. The number of likely N-dealkylation sites (tertiary alicyclic amines) is 1. The predicted molar refractivity (Wildman–Crippen MR) is 84.8 cm³/mol. The third-order valence-corrected chi connectivity index (χ3v) is 4.30. The smallest absolute Gasteiger partial charge is 0.292 e. The van der Waals surface area contributed by atoms with E-state index in [2.05, 4.69) is 15.0 Å². The Hall–Kier alpha value is -2.09. The molecule has 1 atom stereocenters. The van der Waals surface area contributed by atoms with E-state index in [0.717, 1.165) is 6.42 Å². The zero-order chi connectivity index (χ0) is 17.1. The van der Waals surface area contributed by atoms with Crippen molar-refractivity contribution in [1.82, 2.24) is 19.9 Å². The van der Waals surface area contributed by atoms with Crippen LogP contribution < -0.4 is 0 Å². The van der Waals surface area contributed by atoms with Crippen molar-refractivity contribution in [2.45, 2.75) is 38.8 Å². The van der Waals surface area contributed by atoms with Gasteiger partial charge in [-0.2, -0.15) is 4.98 Å². The average Bonchev–Trinajstić information content (AvgIpc) is 3.24. The van der Waals surface area contributed by atoms with Crippen LogP contribution in [0, 0.1) is 0 Å². The molecular formula is C16H24N4O4. The highest BCUT2D eigenvalue weighted by atomic mass is 16.6. The number of hydrogen-bond donors (Lipinski definition) is 0. The number of carbonyl (C=O) groups is 1. The molecule has 3 rings (SSSR count). The SMILES string of the molecule is CC(C)c1nc(CN(C)C2CCN(C(=O)C3=COCCO3)C2)no1. The second kappa shape index (κ2) is 7.21. The van der Waals surface area contributed by atoms with Gasteiger partial charge in [0.15, 0.2) is 5.82 Å². The monoisotopic (exact) mass is 336 g/mol. The molecule has 0 bridgehead atoms. The summed E-state index contributed by atoms with van der Waals surface area (Å²) in [7, 11) is 2.02. The van der Waals surface area contributed by atoms with Crippen LogP contribution in [-0.2, 0) is 20.8 Å². The summed E-state index contributed by atoms with van der Waals surface area (Å²) in [4.78, 5) is 20.8. The second-order valence-corrected chi connectivity index (χ2v) is 6.51. The van der Waals surface area contributed by atoms with Crippen molar-refractivity contribution >= 4 is 5.91 Å². The first-order valence-corrected chi connectivity index (χ1v) is 8.31. The van der Waals surface area contributed by atoms with Gasteiger partial charge in [-0.05, 0) is 13.5 Å². The van der Waals surface area contributed by atoms with E-state index in [0.29, 0.717) is 50.3 Å². The fraction of sp³-hybridized carbons (Fsp3) is 0.688. The zero-order valence-corrected chi connectivity index (χ0v) is 14.4. The standard InChI is InChI=1S/C16H24N4O4/c1-11(2)15-17-14(18-24-15)9-19(3)12-4-5-20(8-12)16(21)13-10-22-6-7-23-13/h10-12H,4-9H2,1-3H3. The van der Waals surface area contributed by atoms with E-state index in [1.165, 1.54) is 6.26 Å². The largest absolute Gasteiger partial charge is 0.494 e. The Balaban J connectivity index is 1.54. The van der Waals surface area contributed by atoms with Gasteiger partial charge in [0.1, 0.15) is 19.5 Å². The minimum absolute atomic E-state index is 0.104. The van der Waals surface area contributed by atoms with Crippen LogP contribution in [0.2, 0.25) is 0 Å². The predicted octanol–water partition coefficient (Wildman–Crippen LogP) is 1.11. The molecule has 1 unspecified atom stereocenters. The summed E-state index contributed by atoms with van der Waals surface area (Å²) in [6, 6.07) is 0.264. The van der Waals surface area contributed by atoms with Crippen LogP contribution in [0.3, 0.4) is 0 Å². The summed E-state index contributed by atoms with van der Waals surface area (Å²) >= 11 is 0. The molecule has 1 aromatic rings. The molecule has 0 spiro atoms. The Morgan fingerprint density at radius 2 is 2.29 bits per heavy atom. The first kappa shape index (κ1) is 16.8. The molecule has 8 heteroatoms. The van der Waals surface area contributed by atoms with E-state index in [4.69, 9.17) is 14.0 Å². The maximum absolute atomic E-state index is 12.4. The van der Waals surface area contributed by atoms with Gasteiger partial charge in [0.05, 0.1) is 6.54 Å². The van der Waals surface area contributed by atoms with Gasteiger partial charge in [0.25, 0.3) is 5.91 Å². The molecule has 3 heterocycles. The Bertz CT molecular complexity index is 613. The van der Waals surface area contributed by atoms with E-state index in [1.807, 2.05) is 20.9 Å². The summed E-state index contributed by atoms with van der Waals surface area (Å²) < 4.78 is 15.8. The second-order valence-electron chi connectivity index (χ2n) is 6.51.